The molecule has 0 aliphatic rings. The summed E-state index contributed by atoms with van der Waals surface area (Å²) < 4.78 is 0. The van der Waals surface area contributed by atoms with Gasteiger partial charge in [-0.15, -0.1) is 0 Å². The molecule has 4 nitrogen and oxygen atoms in total. The van der Waals surface area contributed by atoms with E-state index in [0.717, 1.165) is 17.8 Å². The van der Waals surface area contributed by atoms with Gasteiger partial charge in [-0.05, 0) is 0 Å². The van der Waals surface area contributed by atoms with Crippen molar-refractivity contribution in [2.24, 2.45) is 0 Å². The minimum atomic E-state index is -1.34. The Hall–Kier alpha value is -0.627. The molecule has 0 spiro atoms. The van der Waals surface area contributed by atoms with Crippen molar-refractivity contribution in [2.45, 2.75) is 32.7 Å². The molecule has 2 aromatic heterocycles. The number of hydrogen-bond acceptors (Lipinski definition) is 2. The molecule has 0 aliphatic heterocycles. The largest absolute Gasteiger partial charge is 1.00 e. The second-order valence-electron chi connectivity index (χ2n) is 6.18. The van der Waals surface area contributed by atoms with E-state index < -0.39 is 8.24 Å². The average molecular weight is 457 g/mol. The molecule has 2 aromatic rings. The molecular formula is C16H25Cu2N4Si2. The summed E-state index contributed by atoms with van der Waals surface area (Å²) in [6.07, 6.45) is 4.51. The van der Waals surface area contributed by atoms with Gasteiger partial charge in [0.15, 0.2) is 0 Å². The molecular weight excluding hydrogens is 431 g/mol. The van der Waals surface area contributed by atoms with Crippen LogP contribution >= 0.6 is 0 Å². The van der Waals surface area contributed by atoms with Gasteiger partial charge in [-0.2, -0.15) is 0 Å². The van der Waals surface area contributed by atoms with Gasteiger partial charge in [-0.3, -0.25) is 0 Å². The predicted molar refractivity (Wildman–Crippen MR) is 100 cm³/mol. The van der Waals surface area contributed by atoms with Crippen molar-refractivity contribution < 1.29 is 34.1 Å². The summed E-state index contributed by atoms with van der Waals surface area (Å²) in [6, 6.07) is 11.6. The van der Waals surface area contributed by atoms with Crippen LogP contribution in [0.4, 0.5) is 11.6 Å². The molecule has 0 amide bonds. The standard InChI is InChI=1S/C8H13N2Si.C8H12N2Si.2Cu/c1-11(2,3)10-8-6-4-5-7-9-8;1-11(2)7-10-8-5-3-4-6-9-8;;/h4-7H,1-3H3;3-6H,7H2,1-2H3;;/q2*-1;2*+1. The summed E-state index contributed by atoms with van der Waals surface area (Å²) in [6.45, 7) is 11.1. The fourth-order valence-corrected chi connectivity index (χ4v) is 2.75. The van der Waals surface area contributed by atoms with Crippen LogP contribution in [0, 0.1) is 0 Å². The molecule has 139 valence electrons. The Kier molecular flexibility index (Phi) is 14.6. The van der Waals surface area contributed by atoms with E-state index in [0.29, 0.717) is 0 Å². The van der Waals surface area contributed by atoms with E-state index in [9.17, 15) is 0 Å². The third-order valence-electron chi connectivity index (χ3n) is 2.31. The molecule has 0 saturated heterocycles. The van der Waals surface area contributed by atoms with Gasteiger partial charge in [0.05, 0.1) is 0 Å². The first-order valence-corrected chi connectivity index (χ1v) is 13.5. The fourth-order valence-electron chi connectivity index (χ4n) is 1.45. The molecule has 1 radical (unpaired) electrons. The molecule has 2 rings (SSSR count). The molecule has 0 N–H and O–H groups in total. The van der Waals surface area contributed by atoms with E-state index in [1.165, 1.54) is 0 Å². The fraction of sp³-hybridized carbons (Fsp3) is 0.375. The summed E-state index contributed by atoms with van der Waals surface area (Å²) in [7, 11) is -1.57. The van der Waals surface area contributed by atoms with Crippen LogP contribution < -0.4 is 0 Å². The topological polar surface area (TPSA) is 54.0 Å². The first kappa shape index (κ1) is 25.6. The van der Waals surface area contributed by atoms with E-state index in [1.807, 2.05) is 36.4 Å². The van der Waals surface area contributed by atoms with Crippen molar-refractivity contribution in [2.75, 3.05) is 6.17 Å². The monoisotopic (exact) mass is 455 g/mol. The van der Waals surface area contributed by atoms with Crippen LogP contribution in [0.15, 0.2) is 48.8 Å². The minimum Gasteiger partial charge on any atom is -0.472 e. The number of nitrogens with zero attached hydrogens (tertiary/aromatic N) is 4. The molecule has 0 fully saturated rings. The third-order valence-corrected chi connectivity index (χ3v) is 4.00. The maximum absolute atomic E-state index is 4.52. The Morgan fingerprint density at radius 3 is 1.75 bits per heavy atom. The van der Waals surface area contributed by atoms with Gasteiger partial charge in [0, 0.05) is 17.0 Å². The van der Waals surface area contributed by atoms with Crippen LogP contribution in [0.25, 0.3) is 10.3 Å². The summed E-state index contributed by atoms with van der Waals surface area (Å²) >= 11 is 0. The molecule has 0 saturated carbocycles. The Balaban J connectivity index is 0. The van der Waals surface area contributed by atoms with Gasteiger partial charge >= 0.3 is 34.1 Å². The zero-order chi connectivity index (χ0) is 16.4. The van der Waals surface area contributed by atoms with Crippen LogP contribution in [-0.2, 0) is 34.1 Å². The number of pyridine rings is 2. The predicted octanol–water partition coefficient (Wildman–Crippen LogP) is 5.30. The Morgan fingerprint density at radius 1 is 0.875 bits per heavy atom. The maximum Gasteiger partial charge on any atom is 1.00 e. The molecule has 8 heteroatoms. The van der Waals surface area contributed by atoms with Gasteiger partial charge in [-0.25, -0.2) is 0 Å². The van der Waals surface area contributed by atoms with Crippen molar-refractivity contribution in [3.63, 3.8) is 0 Å². The molecule has 2 heterocycles. The number of rotatable bonds is 5. The Labute approximate surface area is 170 Å². The molecule has 0 aromatic carbocycles. The normalized spacial score (nSPS) is 9.75. The summed E-state index contributed by atoms with van der Waals surface area (Å²) in [5.41, 5.74) is 0. The molecule has 24 heavy (non-hydrogen) atoms. The summed E-state index contributed by atoms with van der Waals surface area (Å²) in [4.78, 5) is 12.8. The summed E-state index contributed by atoms with van der Waals surface area (Å²) in [5.74, 6) is 1.73. The van der Waals surface area contributed by atoms with Gasteiger partial charge in [-0.1, -0.05) is 99.3 Å². The van der Waals surface area contributed by atoms with E-state index in [-0.39, 0.29) is 42.9 Å². The van der Waals surface area contributed by atoms with E-state index in [1.54, 1.807) is 12.4 Å². The van der Waals surface area contributed by atoms with Crippen LogP contribution in [0.3, 0.4) is 0 Å². The number of aromatic nitrogens is 2. The van der Waals surface area contributed by atoms with Crippen molar-refractivity contribution in [1.82, 2.24) is 9.97 Å². The van der Waals surface area contributed by atoms with Crippen molar-refractivity contribution in [1.29, 1.82) is 0 Å². The van der Waals surface area contributed by atoms with Crippen LogP contribution in [0.5, 0.6) is 0 Å². The molecule has 0 unspecified atom stereocenters. The Bertz CT molecular complexity index is 523. The molecule has 0 atom stereocenters. The van der Waals surface area contributed by atoms with Gasteiger partial charge in [0.1, 0.15) is 0 Å². The zero-order valence-corrected chi connectivity index (χ0v) is 18.6. The SMILES string of the molecule is C[Si](C)(C)[N-]c1ccccn1.C[Si](C)C[N-]c1ccccn1.[Cu+].[Cu+]. The van der Waals surface area contributed by atoms with Crippen molar-refractivity contribution in [3.8, 4) is 0 Å². The van der Waals surface area contributed by atoms with E-state index in [4.69, 9.17) is 0 Å². The van der Waals surface area contributed by atoms with Crippen LogP contribution in [0.2, 0.25) is 32.7 Å². The first-order valence-electron chi connectivity index (χ1n) is 7.38. The minimum absolute atomic E-state index is 0. The third kappa shape index (κ3) is 13.8. The van der Waals surface area contributed by atoms with Crippen molar-refractivity contribution in [3.05, 3.63) is 59.1 Å². The van der Waals surface area contributed by atoms with Gasteiger partial charge < -0.3 is 20.3 Å². The second kappa shape index (κ2) is 13.6. The zero-order valence-electron chi connectivity index (χ0n) is 14.7. The van der Waals surface area contributed by atoms with Crippen LogP contribution in [-0.4, -0.2) is 33.2 Å². The van der Waals surface area contributed by atoms with Crippen molar-refractivity contribution >= 4 is 28.7 Å². The molecule has 0 aliphatic carbocycles. The van der Waals surface area contributed by atoms with E-state index in [2.05, 4.69) is 53.0 Å². The smallest absolute Gasteiger partial charge is 0.472 e. The average Bonchev–Trinajstić information content (AvgIpc) is 2.46. The summed E-state index contributed by atoms with van der Waals surface area (Å²) in [5, 5.41) is 4.34. The first-order chi connectivity index (χ1) is 10.4. The maximum atomic E-state index is 4.52. The van der Waals surface area contributed by atoms with Crippen LogP contribution in [0.1, 0.15) is 0 Å². The molecule has 0 bridgehead atoms. The van der Waals surface area contributed by atoms with Gasteiger partial charge in [0.25, 0.3) is 0 Å². The number of hydrogen-bond donors (Lipinski definition) is 0. The van der Waals surface area contributed by atoms with Gasteiger partial charge in [0.2, 0.25) is 0 Å². The Morgan fingerprint density at radius 2 is 1.38 bits per heavy atom. The van der Waals surface area contributed by atoms with E-state index >= 15 is 0 Å². The quantitative estimate of drug-likeness (QED) is 0.574. The second-order valence-corrected chi connectivity index (χ2v) is 13.5.